The Labute approximate surface area is 374 Å². The predicted molar refractivity (Wildman–Crippen MR) is 237 cm³/mol. The van der Waals surface area contributed by atoms with Gasteiger partial charge in [0.05, 0.1) is 36.1 Å². The van der Waals surface area contributed by atoms with E-state index in [1.807, 2.05) is 28.8 Å². The Morgan fingerprint density at radius 3 is 2.05 bits per heavy atom. The number of thioether (sulfide) groups is 1. The number of amides is 7. The van der Waals surface area contributed by atoms with Gasteiger partial charge in [0, 0.05) is 60.8 Å². The highest BCUT2D eigenvalue weighted by Gasteiger charge is 2.32. The first-order valence-electron chi connectivity index (χ1n) is 20.9. The third-order valence-electron chi connectivity index (χ3n) is 10.6. The first kappa shape index (κ1) is 50.1. The normalized spacial score (nSPS) is 23.2. The third-order valence-corrected chi connectivity index (χ3v) is 11.9. The van der Waals surface area contributed by atoms with Gasteiger partial charge in [0.2, 0.25) is 41.4 Å². The number of H-pyrrole nitrogens is 1. The third kappa shape index (κ3) is 13.7. The lowest BCUT2D eigenvalue weighted by Gasteiger charge is -2.24. The van der Waals surface area contributed by atoms with Crippen molar-refractivity contribution in [2.45, 2.75) is 121 Å². The Morgan fingerprint density at radius 2 is 1.48 bits per heavy atom. The van der Waals surface area contributed by atoms with Gasteiger partial charge in [0.1, 0.15) is 30.2 Å². The number of imidazole rings is 1. The Hall–Kier alpha value is -6.51. The number of carbonyl (C=O) groups excluding carboxylic acids is 9. The summed E-state index contributed by atoms with van der Waals surface area (Å²) in [6, 6.07) is 0.731. The molecule has 2 aromatic heterocycles. The van der Waals surface area contributed by atoms with E-state index < -0.39 is 95.3 Å². The summed E-state index contributed by atoms with van der Waals surface area (Å²) in [5, 5.41) is 17.8. The maximum atomic E-state index is 14.2. The lowest BCUT2D eigenvalue weighted by atomic mass is 9.98. The SMILES string of the molecule is COC(=O)/C=C(\C)c1c2ccccc2c2n1CCCC[C@H](NC(C)=O)C(=O)N[C@@H](C)C(=O)N[C@@H](C)C(=O)N[C@@H](C)C(=O)N[C@@H](C)C(=O)C[C@H](C(=O)N[C@@H](Cc1cnc[nH]1)C(N)=O)CS2. The number of aromatic nitrogens is 3. The highest BCUT2D eigenvalue weighted by atomic mass is 32.2. The molecule has 346 valence electrons. The number of nitrogens with two attached hydrogens (primary N) is 1. The number of benzene rings is 1. The van der Waals surface area contributed by atoms with Crippen molar-refractivity contribution in [2.24, 2.45) is 11.7 Å². The minimum atomic E-state index is -1.17. The van der Waals surface area contributed by atoms with Crippen LogP contribution in [-0.2, 0) is 60.9 Å². The molecule has 0 aliphatic carbocycles. The van der Waals surface area contributed by atoms with E-state index in [2.05, 4.69) is 41.9 Å². The van der Waals surface area contributed by atoms with Crippen molar-refractivity contribution < 1.29 is 47.9 Å². The average molecular weight is 907 g/mol. The molecule has 7 amide bonds. The Morgan fingerprint density at radius 1 is 0.891 bits per heavy atom. The van der Waals surface area contributed by atoms with E-state index >= 15 is 0 Å². The van der Waals surface area contributed by atoms with Crippen LogP contribution in [0.1, 0.15) is 78.6 Å². The number of primary amides is 1. The van der Waals surface area contributed by atoms with Gasteiger partial charge in [-0.1, -0.05) is 24.3 Å². The molecule has 3 aromatic rings. The number of ketones is 1. The summed E-state index contributed by atoms with van der Waals surface area (Å²) in [5.41, 5.74) is 7.50. The molecule has 21 heteroatoms. The standard InChI is InChI=1S/C43H58N10O10S/c1-22(16-35(56)63-7)36-30-12-8-9-13-31(30)43-53(36)15-11-10-14-32(51-27(6)54)42(62)50-26(5)40(60)49-25(4)39(59)48-24(3)38(58)47-23(2)34(55)17-28(20-64-43)41(61)52-33(37(44)57)18-29-19-45-21-46-29/h8-9,12-13,16,19,21,23-26,28,32-33H,10-11,14-15,17-18,20H2,1-7H3,(H2,44,57)(H,45,46)(H,47,58)(H,48,59)(H,49,60)(H,50,62)(H,51,54)(H,52,61)/b22-16+/t23-,24-,25-,26-,28-,32-,33-/m0/s1. The molecule has 0 bridgehead atoms. The van der Waals surface area contributed by atoms with Gasteiger partial charge in [-0.3, -0.25) is 38.4 Å². The monoisotopic (exact) mass is 906 g/mol. The van der Waals surface area contributed by atoms with Crippen LogP contribution in [0.5, 0.6) is 0 Å². The van der Waals surface area contributed by atoms with E-state index in [-0.39, 0.29) is 25.0 Å². The molecule has 20 nitrogen and oxygen atoms in total. The molecular formula is C43H58N10O10S. The van der Waals surface area contributed by atoms with E-state index in [0.717, 1.165) is 10.8 Å². The van der Waals surface area contributed by atoms with Crippen LogP contribution in [0.25, 0.3) is 16.3 Å². The molecule has 9 N–H and O–H groups in total. The molecule has 0 fully saturated rings. The number of aromatic amines is 1. The van der Waals surface area contributed by atoms with Gasteiger partial charge in [-0.15, -0.1) is 11.8 Å². The minimum absolute atomic E-state index is 0.0000203. The van der Waals surface area contributed by atoms with Crippen LogP contribution >= 0.6 is 11.8 Å². The van der Waals surface area contributed by atoms with Crippen molar-refractivity contribution in [1.29, 1.82) is 0 Å². The Bertz CT molecular complexity index is 2260. The van der Waals surface area contributed by atoms with E-state index in [1.54, 1.807) is 6.92 Å². The Kier molecular flexibility index (Phi) is 18.2. The van der Waals surface area contributed by atoms with Crippen LogP contribution in [0.2, 0.25) is 0 Å². The van der Waals surface area contributed by atoms with E-state index in [9.17, 15) is 43.2 Å². The first-order chi connectivity index (χ1) is 30.3. The van der Waals surface area contributed by atoms with E-state index in [1.165, 1.54) is 72.1 Å². The topological polar surface area (TPSA) is 295 Å². The summed E-state index contributed by atoms with van der Waals surface area (Å²) >= 11 is 1.27. The van der Waals surface area contributed by atoms with Crippen molar-refractivity contribution >= 4 is 81.2 Å². The van der Waals surface area contributed by atoms with Crippen LogP contribution < -0.4 is 37.6 Å². The number of fused-ring (bicyclic) bond motifs is 3. The number of ether oxygens (including phenoxy) is 1. The Balaban J connectivity index is 1.79. The number of hydrogen-bond donors (Lipinski definition) is 8. The van der Waals surface area contributed by atoms with Gasteiger partial charge >= 0.3 is 5.97 Å². The number of allylic oxidation sites excluding steroid dienone is 1. The van der Waals surface area contributed by atoms with Gasteiger partial charge in [-0.05, 0) is 59.5 Å². The average Bonchev–Trinajstić information content (AvgIpc) is 3.87. The molecule has 3 heterocycles. The maximum Gasteiger partial charge on any atom is 0.330 e. The fraction of sp³-hybridized carbons (Fsp3) is 0.488. The number of rotatable bonds is 8. The molecule has 0 saturated carbocycles. The van der Waals surface area contributed by atoms with Gasteiger partial charge in [-0.25, -0.2) is 9.78 Å². The molecule has 4 rings (SSSR count). The minimum Gasteiger partial charge on any atom is -0.466 e. The highest BCUT2D eigenvalue weighted by Crippen LogP contribution is 2.38. The zero-order valence-electron chi connectivity index (χ0n) is 37.0. The number of Topliss-reactive ketones (excluding diaryl/α,β-unsaturated/α-hetero) is 1. The molecule has 1 aliphatic heterocycles. The van der Waals surface area contributed by atoms with Crippen molar-refractivity contribution in [3.63, 3.8) is 0 Å². The number of methoxy groups -OCH3 is 1. The van der Waals surface area contributed by atoms with Crippen LogP contribution in [-0.4, -0.2) is 117 Å². The molecule has 0 spiro atoms. The highest BCUT2D eigenvalue weighted by molar-refractivity contribution is 7.99. The number of nitrogens with one attached hydrogen (secondary N) is 7. The lowest BCUT2D eigenvalue weighted by Crippen LogP contribution is -2.57. The van der Waals surface area contributed by atoms with E-state index in [0.29, 0.717) is 41.4 Å². The molecule has 7 atom stereocenters. The van der Waals surface area contributed by atoms with Crippen LogP contribution in [0.3, 0.4) is 0 Å². The van der Waals surface area contributed by atoms with Crippen molar-refractivity contribution in [1.82, 2.24) is 46.4 Å². The lowest BCUT2D eigenvalue weighted by molar-refractivity contribution is -0.135. The molecule has 1 aromatic carbocycles. The second-order valence-corrected chi connectivity index (χ2v) is 16.8. The van der Waals surface area contributed by atoms with Gasteiger partial charge in [0.25, 0.3) is 0 Å². The van der Waals surface area contributed by atoms with Crippen LogP contribution in [0, 0.1) is 5.92 Å². The maximum absolute atomic E-state index is 14.2. The molecule has 0 saturated heterocycles. The molecule has 0 unspecified atom stereocenters. The molecular weight excluding hydrogens is 849 g/mol. The van der Waals surface area contributed by atoms with Gasteiger partial charge in [-0.2, -0.15) is 0 Å². The number of carbonyl (C=O) groups is 9. The zero-order chi connectivity index (χ0) is 47.2. The summed E-state index contributed by atoms with van der Waals surface area (Å²) in [7, 11) is 1.27. The summed E-state index contributed by atoms with van der Waals surface area (Å²) in [4.78, 5) is 125. The van der Waals surface area contributed by atoms with Crippen LogP contribution in [0.4, 0.5) is 0 Å². The quantitative estimate of drug-likeness (QED) is 0.114. The zero-order valence-corrected chi connectivity index (χ0v) is 37.8. The number of esters is 1. The first-order valence-corrected chi connectivity index (χ1v) is 21.9. The van der Waals surface area contributed by atoms with E-state index in [4.69, 9.17) is 10.5 Å². The molecule has 1 aliphatic rings. The molecule has 64 heavy (non-hydrogen) atoms. The number of hydrogen-bond acceptors (Lipinski definition) is 12. The fourth-order valence-corrected chi connectivity index (χ4v) is 8.36. The van der Waals surface area contributed by atoms with Crippen molar-refractivity contribution in [2.75, 3.05) is 12.9 Å². The number of nitrogens with zero attached hydrogens (tertiary/aromatic N) is 2. The smallest absolute Gasteiger partial charge is 0.330 e. The second kappa shape index (κ2) is 23.3. The van der Waals surface area contributed by atoms with Crippen molar-refractivity contribution in [3.05, 3.63) is 54.3 Å². The summed E-state index contributed by atoms with van der Waals surface area (Å²) in [6.07, 6.45) is 4.92. The fourth-order valence-electron chi connectivity index (χ4n) is 7.06. The van der Waals surface area contributed by atoms with Gasteiger partial charge < -0.3 is 51.9 Å². The van der Waals surface area contributed by atoms with Crippen molar-refractivity contribution in [3.8, 4) is 0 Å². The van der Waals surface area contributed by atoms with Crippen LogP contribution in [0.15, 0.2) is 47.9 Å². The summed E-state index contributed by atoms with van der Waals surface area (Å²) < 4.78 is 6.93. The van der Waals surface area contributed by atoms with Gasteiger partial charge in [0.15, 0.2) is 5.78 Å². The largest absolute Gasteiger partial charge is 0.466 e. The summed E-state index contributed by atoms with van der Waals surface area (Å²) in [5.74, 6) is -6.87. The second-order valence-electron chi connectivity index (χ2n) is 15.8. The molecule has 0 radical (unpaired) electrons. The summed E-state index contributed by atoms with van der Waals surface area (Å²) in [6.45, 7) is 9.01. The predicted octanol–water partition coefficient (Wildman–Crippen LogP) is 0.528.